The molecule has 0 aliphatic carbocycles. The molecule has 1 aliphatic heterocycles. The van der Waals surface area contributed by atoms with Crippen molar-refractivity contribution in [3.05, 3.63) is 83.2 Å². The number of amidine groups is 1. The third kappa shape index (κ3) is 3.60. The zero-order valence-corrected chi connectivity index (χ0v) is 14.3. The van der Waals surface area contributed by atoms with Crippen LogP contribution < -0.4 is 5.32 Å². The molecule has 1 fully saturated rings. The molecule has 0 atom stereocenters. The monoisotopic (exact) mass is 364 g/mol. The topological polar surface area (TPSA) is 54.6 Å². The van der Waals surface area contributed by atoms with Crippen molar-refractivity contribution in [1.82, 2.24) is 5.32 Å². The van der Waals surface area contributed by atoms with Crippen molar-refractivity contribution in [3.63, 3.8) is 0 Å². The van der Waals surface area contributed by atoms with Crippen molar-refractivity contribution >= 4 is 34.6 Å². The standard InChI is InChI=1S/C20H13FN2O2S/c21-14-6-8-15(9-7-14)22-20-23-19(24)18(26-20)12-16-10-11-17(25-16)13-4-2-1-3-5-13/h1-12H,(H,22,23,24)/b18-12-. The van der Waals surface area contributed by atoms with Gasteiger partial charge in [0, 0.05) is 11.6 Å². The molecule has 0 saturated carbocycles. The summed E-state index contributed by atoms with van der Waals surface area (Å²) in [7, 11) is 0. The van der Waals surface area contributed by atoms with E-state index in [-0.39, 0.29) is 11.7 Å². The number of carbonyl (C=O) groups excluding carboxylic acids is 1. The van der Waals surface area contributed by atoms with E-state index in [2.05, 4.69) is 10.3 Å². The van der Waals surface area contributed by atoms with E-state index < -0.39 is 0 Å². The Bertz CT molecular complexity index is 1010. The van der Waals surface area contributed by atoms with E-state index in [9.17, 15) is 9.18 Å². The molecule has 4 nitrogen and oxygen atoms in total. The Morgan fingerprint density at radius 2 is 1.77 bits per heavy atom. The summed E-state index contributed by atoms with van der Waals surface area (Å²) in [5.74, 6) is 0.754. The van der Waals surface area contributed by atoms with Gasteiger partial charge in [0.15, 0.2) is 5.17 Å². The summed E-state index contributed by atoms with van der Waals surface area (Å²) in [6.07, 6.45) is 1.68. The highest BCUT2D eigenvalue weighted by molar-refractivity contribution is 8.18. The van der Waals surface area contributed by atoms with Crippen LogP contribution in [0.15, 0.2) is 81.0 Å². The zero-order valence-electron chi connectivity index (χ0n) is 13.5. The summed E-state index contributed by atoms with van der Waals surface area (Å²) >= 11 is 1.21. The molecule has 2 aromatic carbocycles. The predicted octanol–water partition coefficient (Wildman–Crippen LogP) is 4.98. The van der Waals surface area contributed by atoms with Gasteiger partial charge in [-0.2, -0.15) is 0 Å². The number of furan rings is 1. The molecule has 128 valence electrons. The molecule has 1 N–H and O–H groups in total. The zero-order chi connectivity index (χ0) is 17.9. The number of amides is 1. The molecule has 0 bridgehead atoms. The highest BCUT2D eigenvalue weighted by Gasteiger charge is 2.24. The summed E-state index contributed by atoms with van der Waals surface area (Å²) in [5.41, 5.74) is 1.54. The minimum absolute atomic E-state index is 0.242. The van der Waals surface area contributed by atoms with E-state index in [0.29, 0.717) is 21.5 Å². The lowest BCUT2D eigenvalue weighted by Gasteiger charge is -1.95. The normalized spacial score (nSPS) is 17.0. The Kier molecular flexibility index (Phi) is 4.41. The van der Waals surface area contributed by atoms with Gasteiger partial charge in [0.1, 0.15) is 17.3 Å². The first-order chi connectivity index (χ1) is 12.7. The second-order valence-corrected chi connectivity index (χ2v) is 6.56. The van der Waals surface area contributed by atoms with Crippen molar-refractivity contribution < 1.29 is 13.6 Å². The van der Waals surface area contributed by atoms with Gasteiger partial charge in [-0.1, -0.05) is 30.3 Å². The second-order valence-electron chi connectivity index (χ2n) is 5.53. The van der Waals surface area contributed by atoms with Crippen LogP contribution in [0.2, 0.25) is 0 Å². The first-order valence-electron chi connectivity index (χ1n) is 7.88. The Morgan fingerprint density at radius 3 is 2.54 bits per heavy atom. The quantitative estimate of drug-likeness (QED) is 0.667. The molecule has 6 heteroatoms. The minimum atomic E-state index is -0.329. The van der Waals surface area contributed by atoms with Crippen molar-refractivity contribution in [2.24, 2.45) is 4.99 Å². The Morgan fingerprint density at radius 1 is 1.00 bits per heavy atom. The van der Waals surface area contributed by atoms with Gasteiger partial charge in [0.2, 0.25) is 0 Å². The summed E-state index contributed by atoms with van der Waals surface area (Å²) < 4.78 is 18.7. The van der Waals surface area contributed by atoms with Gasteiger partial charge >= 0.3 is 0 Å². The first-order valence-corrected chi connectivity index (χ1v) is 8.69. The molecule has 2 heterocycles. The molecule has 0 unspecified atom stereocenters. The van der Waals surface area contributed by atoms with Crippen molar-refractivity contribution in [1.29, 1.82) is 0 Å². The third-order valence-corrected chi connectivity index (χ3v) is 4.58. The van der Waals surface area contributed by atoms with Crippen LogP contribution in [0.4, 0.5) is 10.1 Å². The predicted molar refractivity (Wildman–Crippen MR) is 101 cm³/mol. The maximum atomic E-state index is 12.9. The van der Waals surface area contributed by atoms with Crippen molar-refractivity contribution in [2.75, 3.05) is 0 Å². The van der Waals surface area contributed by atoms with E-state index in [1.54, 1.807) is 18.2 Å². The fourth-order valence-electron chi connectivity index (χ4n) is 2.43. The Labute approximate surface area is 153 Å². The lowest BCUT2D eigenvalue weighted by Crippen LogP contribution is -2.19. The molecular weight excluding hydrogens is 351 g/mol. The molecule has 26 heavy (non-hydrogen) atoms. The molecule has 0 radical (unpaired) electrons. The summed E-state index contributed by atoms with van der Waals surface area (Å²) in [6.45, 7) is 0. The van der Waals surface area contributed by atoms with E-state index in [0.717, 1.165) is 11.3 Å². The molecule has 0 spiro atoms. The van der Waals surface area contributed by atoms with Crippen molar-refractivity contribution in [3.8, 4) is 11.3 Å². The molecule has 4 rings (SSSR count). The van der Waals surface area contributed by atoms with E-state index in [1.165, 1.54) is 23.9 Å². The Balaban J connectivity index is 1.54. The van der Waals surface area contributed by atoms with Crippen LogP contribution >= 0.6 is 11.8 Å². The molecule has 3 aromatic rings. The smallest absolute Gasteiger partial charge is 0.264 e. The van der Waals surface area contributed by atoms with Crippen LogP contribution in [0.1, 0.15) is 5.76 Å². The fourth-order valence-corrected chi connectivity index (χ4v) is 3.25. The van der Waals surface area contributed by atoms with Gasteiger partial charge < -0.3 is 9.73 Å². The fraction of sp³-hybridized carbons (Fsp3) is 0. The van der Waals surface area contributed by atoms with Gasteiger partial charge in [-0.25, -0.2) is 9.38 Å². The van der Waals surface area contributed by atoms with Crippen LogP contribution in [0.5, 0.6) is 0 Å². The average Bonchev–Trinajstić information content (AvgIpc) is 3.25. The van der Waals surface area contributed by atoms with Crippen LogP contribution in [0.25, 0.3) is 17.4 Å². The lowest BCUT2D eigenvalue weighted by atomic mass is 10.2. The van der Waals surface area contributed by atoms with E-state index in [4.69, 9.17) is 4.42 Å². The first kappa shape index (κ1) is 16.4. The summed E-state index contributed by atoms with van der Waals surface area (Å²) in [5, 5.41) is 3.14. The average molecular weight is 364 g/mol. The van der Waals surface area contributed by atoms with E-state index in [1.807, 2.05) is 42.5 Å². The number of rotatable bonds is 3. The molecule has 1 aliphatic rings. The number of aliphatic imine (C=N–C) groups is 1. The van der Waals surface area contributed by atoms with Gasteiger partial charge in [-0.05, 0) is 48.2 Å². The number of hydrogen-bond acceptors (Lipinski definition) is 4. The number of thioether (sulfide) groups is 1. The number of benzene rings is 2. The molecule has 1 aromatic heterocycles. The van der Waals surface area contributed by atoms with Crippen LogP contribution in [0, 0.1) is 5.82 Å². The third-order valence-electron chi connectivity index (χ3n) is 3.67. The largest absolute Gasteiger partial charge is 0.457 e. The number of nitrogens with zero attached hydrogens (tertiary/aromatic N) is 1. The number of carbonyl (C=O) groups is 1. The minimum Gasteiger partial charge on any atom is -0.457 e. The summed E-state index contributed by atoms with van der Waals surface area (Å²) in [4.78, 5) is 16.9. The van der Waals surface area contributed by atoms with Crippen LogP contribution in [0.3, 0.4) is 0 Å². The van der Waals surface area contributed by atoms with Gasteiger partial charge in [-0.3, -0.25) is 4.79 Å². The molecule has 1 amide bonds. The van der Waals surface area contributed by atoms with Crippen molar-refractivity contribution in [2.45, 2.75) is 0 Å². The summed E-state index contributed by atoms with van der Waals surface area (Å²) in [6, 6.07) is 19.2. The van der Waals surface area contributed by atoms with Gasteiger partial charge in [0.05, 0.1) is 10.6 Å². The maximum Gasteiger partial charge on any atom is 0.264 e. The number of nitrogens with one attached hydrogen (secondary N) is 1. The second kappa shape index (κ2) is 7.01. The SMILES string of the molecule is O=C1NC(=Nc2ccc(F)cc2)S/C1=C\c1ccc(-c2ccccc2)o1. The Hall–Kier alpha value is -3.12. The van der Waals surface area contributed by atoms with Crippen LogP contribution in [-0.4, -0.2) is 11.1 Å². The molecule has 1 saturated heterocycles. The van der Waals surface area contributed by atoms with Crippen LogP contribution in [-0.2, 0) is 4.79 Å². The van der Waals surface area contributed by atoms with Gasteiger partial charge in [-0.15, -0.1) is 0 Å². The highest BCUT2D eigenvalue weighted by atomic mass is 32.2. The highest BCUT2D eigenvalue weighted by Crippen LogP contribution is 2.30. The maximum absolute atomic E-state index is 12.9. The van der Waals surface area contributed by atoms with Gasteiger partial charge in [0.25, 0.3) is 5.91 Å². The number of halogens is 1. The molecular formula is C20H13FN2O2S. The lowest BCUT2D eigenvalue weighted by molar-refractivity contribution is -0.115. The van der Waals surface area contributed by atoms with E-state index >= 15 is 0 Å². The number of hydrogen-bond donors (Lipinski definition) is 1.